The molecule has 0 aliphatic heterocycles. The fourth-order valence-corrected chi connectivity index (χ4v) is 1.53. The van der Waals surface area contributed by atoms with Crippen molar-refractivity contribution in [2.24, 2.45) is 0 Å². The number of nitriles is 1. The third-order valence-electron chi connectivity index (χ3n) is 1.98. The number of nitrogens with zero attached hydrogens (tertiary/aromatic N) is 2. The van der Waals surface area contributed by atoms with Gasteiger partial charge in [-0.15, -0.1) is 0 Å². The fraction of sp³-hybridized carbons (Fsp3) is 0.231. The molecule has 0 atom stereocenters. The SMILES string of the molecule is CC.CC#N.OB(O)c1cc2ccccc2nc1Cl. The van der Waals surface area contributed by atoms with Crippen LogP contribution in [-0.2, 0) is 0 Å². The van der Waals surface area contributed by atoms with Crippen molar-refractivity contribution in [3.8, 4) is 6.07 Å². The summed E-state index contributed by atoms with van der Waals surface area (Å²) in [4.78, 5) is 4.04. The molecule has 19 heavy (non-hydrogen) atoms. The lowest BCUT2D eigenvalue weighted by Crippen LogP contribution is -2.31. The number of aromatic nitrogens is 1. The van der Waals surface area contributed by atoms with Crippen molar-refractivity contribution in [2.45, 2.75) is 20.8 Å². The van der Waals surface area contributed by atoms with Crippen LogP contribution in [0, 0.1) is 11.3 Å². The molecule has 1 heterocycles. The third-order valence-corrected chi connectivity index (χ3v) is 2.29. The first-order chi connectivity index (χ1) is 9.10. The van der Waals surface area contributed by atoms with Crippen LogP contribution >= 0.6 is 11.6 Å². The number of rotatable bonds is 1. The van der Waals surface area contributed by atoms with Crippen LogP contribution in [0.25, 0.3) is 10.9 Å². The molecule has 0 aliphatic rings. The first-order valence-corrected chi connectivity index (χ1v) is 6.20. The van der Waals surface area contributed by atoms with Crippen LogP contribution in [0.1, 0.15) is 20.8 Å². The number of pyridine rings is 1. The third kappa shape index (κ3) is 5.27. The van der Waals surface area contributed by atoms with Gasteiger partial charge in [0.1, 0.15) is 5.15 Å². The van der Waals surface area contributed by atoms with E-state index in [4.69, 9.17) is 26.9 Å². The summed E-state index contributed by atoms with van der Waals surface area (Å²) in [6.07, 6.45) is 0. The zero-order valence-electron chi connectivity index (χ0n) is 11.1. The molecule has 0 unspecified atom stereocenters. The Hall–Kier alpha value is -1.61. The van der Waals surface area contributed by atoms with Crippen molar-refractivity contribution in [1.29, 1.82) is 5.26 Å². The molecule has 0 saturated carbocycles. The minimum Gasteiger partial charge on any atom is -0.423 e. The van der Waals surface area contributed by atoms with Gasteiger partial charge >= 0.3 is 7.12 Å². The summed E-state index contributed by atoms with van der Waals surface area (Å²) in [5, 5.41) is 26.3. The monoisotopic (exact) mass is 278 g/mol. The van der Waals surface area contributed by atoms with Crippen molar-refractivity contribution in [3.05, 3.63) is 35.5 Å². The maximum atomic E-state index is 9.00. The van der Waals surface area contributed by atoms with Gasteiger partial charge in [-0.1, -0.05) is 43.6 Å². The molecule has 2 aromatic rings. The lowest BCUT2D eigenvalue weighted by atomic mass is 9.81. The van der Waals surface area contributed by atoms with E-state index in [0.29, 0.717) is 0 Å². The number of hydrogen-bond donors (Lipinski definition) is 2. The molecule has 6 heteroatoms. The summed E-state index contributed by atoms with van der Waals surface area (Å²) in [5.74, 6) is 0. The lowest BCUT2D eigenvalue weighted by Gasteiger charge is -2.04. The Morgan fingerprint density at radius 1 is 1.26 bits per heavy atom. The second-order valence-corrected chi connectivity index (χ2v) is 3.52. The van der Waals surface area contributed by atoms with Gasteiger partial charge < -0.3 is 10.0 Å². The van der Waals surface area contributed by atoms with Crippen LogP contribution in [0.2, 0.25) is 5.15 Å². The van der Waals surface area contributed by atoms with E-state index in [1.54, 1.807) is 12.1 Å². The molecular weight excluding hydrogens is 262 g/mol. The van der Waals surface area contributed by atoms with Gasteiger partial charge in [0.25, 0.3) is 0 Å². The summed E-state index contributed by atoms with van der Waals surface area (Å²) in [7, 11) is -1.58. The average Bonchev–Trinajstić information content (AvgIpc) is 2.41. The Kier molecular flexibility index (Phi) is 8.55. The van der Waals surface area contributed by atoms with Gasteiger partial charge in [0.05, 0.1) is 11.6 Å². The Morgan fingerprint density at radius 3 is 2.32 bits per heavy atom. The molecule has 0 amide bonds. The molecule has 100 valence electrons. The van der Waals surface area contributed by atoms with Gasteiger partial charge in [0.15, 0.2) is 0 Å². The lowest BCUT2D eigenvalue weighted by molar-refractivity contribution is 0.425. The normalized spacial score (nSPS) is 8.47. The summed E-state index contributed by atoms with van der Waals surface area (Å²) in [6, 6.07) is 10.7. The minimum absolute atomic E-state index is 0.124. The smallest absolute Gasteiger partial charge is 0.423 e. The van der Waals surface area contributed by atoms with Gasteiger partial charge in [-0.2, -0.15) is 5.26 Å². The molecule has 2 rings (SSSR count). The van der Waals surface area contributed by atoms with Crippen LogP contribution in [0.5, 0.6) is 0 Å². The maximum Gasteiger partial charge on any atom is 0.491 e. The molecule has 2 N–H and O–H groups in total. The van der Waals surface area contributed by atoms with Crippen LogP contribution in [0.3, 0.4) is 0 Å². The van der Waals surface area contributed by atoms with E-state index in [9.17, 15) is 0 Å². The first-order valence-electron chi connectivity index (χ1n) is 5.82. The fourth-order valence-electron chi connectivity index (χ4n) is 1.29. The zero-order chi connectivity index (χ0) is 14.8. The van der Waals surface area contributed by atoms with Crippen LogP contribution in [0.15, 0.2) is 30.3 Å². The van der Waals surface area contributed by atoms with Crippen molar-refractivity contribution in [3.63, 3.8) is 0 Å². The summed E-state index contributed by atoms with van der Waals surface area (Å²) in [5.41, 5.74) is 0.965. The Bertz CT molecular complexity index is 556. The molecule has 1 aromatic carbocycles. The van der Waals surface area contributed by atoms with E-state index in [1.165, 1.54) is 6.92 Å². The molecule has 0 spiro atoms. The van der Waals surface area contributed by atoms with Crippen molar-refractivity contribution < 1.29 is 10.0 Å². The van der Waals surface area contributed by atoms with Crippen LogP contribution in [0.4, 0.5) is 0 Å². The molecule has 0 saturated heterocycles. The maximum absolute atomic E-state index is 9.00. The second-order valence-electron chi connectivity index (χ2n) is 3.16. The highest BCUT2D eigenvalue weighted by molar-refractivity contribution is 6.62. The van der Waals surface area contributed by atoms with Crippen molar-refractivity contribution >= 4 is 35.1 Å². The molecule has 4 nitrogen and oxygen atoms in total. The van der Waals surface area contributed by atoms with Gasteiger partial charge in [0, 0.05) is 12.4 Å². The van der Waals surface area contributed by atoms with E-state index in [-0.39, 0.29) is 10.6 Å². The average molecular weight is 279 g/mol. The van der Waals surface area contributed by atoms with E-state index in [0.717, 1.165) is 10.9 Å². The minimum atomic E-state index is -1.58. The van der Waals surface area contributed by atoms with Crippen LogP contribution < -0.4 is 5.46 Å². The number of hydrogen-bond acceptors (Lipinski definition) is 4. The Balaban J connectivity index is 0.000000573. The predicted molar refractivity (Wildman–Crippen MR) is 79.2 cm³/mol. The Labute approximate surface area is 118 Å². The predicted octanol–water partition coefficient (Wildman–Crippen LogP) is 2.12. The highest BCUT2D eigenvalue weighted by atomic mass is 35.5. The highest BCUT2D eigenvalue weighted by Gasteiger charge is 2.16. The molecule has 1 aromatic heterocycles. The molecule has 0 aliphatic carbocycles. The largest absolute Gasteiger partial charge is 0.491 e. The number of benzene rings is 1. The van der Waals surface area contributed by atoms with Crippen molar-refractivity contribution in [2.75, 3.05) is 0 Å². The topological polar surface area (TPSA) is 77.1 Å². The van der Waals surface area contributed by atoms with E-state index >= 15 is 0 Å². The number of halogens is 1. The molecular formula is C13H16BClN2O2. The second kappa shape index (κ2) is 9.34. The summed E-state index contributed by atoms with van der Waals surface area (Å²) in [6.45, 7) is 5.43. The molecule has 0 fully saturated rings. The standard InChI is InChI=1S/C9H7BClNO2.C2H3N.C2H6/c11-9-7(10(13)14)5-6-3-1-2-4-8(6)12-9;1-2-3;1-2/h1-5,13-14H;1H3;1-2H3. The van der Waals surface area contributed by atoms with E-state index in [1.807, 2.05) is 38.1 Å². The molecule has 0 radical (unpaired) electrons. The van der Waals surface area contributed by atoms with Crippen molar-refractivity contribution in [1.82, 2.24) is 4.98 Å². The van der Waals surface area contributed by atoms with Crippen LogP contribution in [-0.4, -0.2) is 22.2 Å². The van der Waals surface area contributed by atoms with E-state index in [2.05, 4.69) is 4.98 Å². The number of fused-ring (bicyclic) bond motifs is 1. The summed E-state index contributed by atoms with van der Waals surface area (Å²) < 4.78 is 0. The van der Waals surface area contributed by atoms with Gasteiger partial charge in [-0.05, 0) is 17.5 Å². The van der Waals surface area contributed by atoms with E-state index < -0.39 is 7.12 Å². The molecule has 0 bridgehead atoms. The van der Waals surface area contributed by atoms with Gasteiger partial charge in [-0.25, -0.2) is 4.98 Å². The summed E-state index contributed by atoms with van der Waals surface area (Å²) >= 11 is 5.77. The Morgan fingerprint density at radius 2 is 1.79 bits per heavy atom. The zero-order valence-corrected chi connectivity index (χ0v) is 11.9. The number of para-hydroxylation sites is 1. The first kappa shape index (κ1) is 17.4. The quantitative estimate of drug-likeness (QED) is 0.619. The van der Waals surface area contributed by atoms with Gasteiger partial charge in [-0.3, -0.25) is 0 Å². The highest BCUT2D eigenvalue weighted by Crippen LogP contribution is 2.13. The van der Waals surface area contributed by atoms with Gasteiger partial charge in [0.2, 0.25) is 0 Å².